The highest BCUT2D eigenvalue weighted by Crippen LogP contribution is 2.60. The summed E-state index contributed by atoms with van der Waals surface area (Å²) in [6.07, 6.45) is 27.6. The van der Waals surface area contributed by atoms with Gasteiger partial charge in [-0.3, -0.25) is 15.0 Å². The molecule has 3 spiro atoms. The molecule has 6 heteroatoms. The number of rotatable bonds is 6. The summed E-state index contributed by atoms with van der Waals surface area (Å²) >= 11 is 0. The number of benzene rings is 6. The maximum atomic E-state index is 4.91. The van der Waals surface area contributed by atoms with Gasteiger partial charge < -0.3 is 0 Å². The Morgan fingerprint density at radius 2 is 0.632 bits per heavy atom. The number of aryl methyl sites for hydroxylation is 8. The third-order valence-corrected chi connectivity index (χ3v) is 22.8. The van der Waals surface area contributed by atoms with E-state index < -0.39 is 0 Å². The lowest BCUT2D eigenvalue weighted by Gasteiger charge is -2.25. The average molecular weight is 1240 g/mol. The van der Waals surface area contributed by atoms with E-state index in [0.717, 1.165) is 0 Å². The fraction of sp³-hybridized carbons (Fsp3) is 0.258. The fourth-order valence-corrected chi connectivity index (χ4v) is 17.9. The van der Waals surface area contributed by atoms with Crippen LogP contribution in [0.25, 0.3) is 101 Å². The minimum absolute atomic E-state index is 0.0987. The Bertz CT molecular complexity index is 4980. The van der Waals surface area contributed by atoms with Gasteiger partial charge in [-0.2, -0.15) is 0 Å². The van der Waals surface area contributed by atoms with Gasteiger partial charge in [-0.25, -0.2) is 13.7 Å². The van der Waals surface area contributed by atoms with Crippen LogP contribution in [0.15, 0.2) is 225 Å². The zero-order valence-electron chi connectivity index (χ0n) is 56.5. The summed E-state index contributed by atoms with van der Waals surface area (Å²) in [5.74, 6) is 0. The normalized spacial score (nSPS) is 15.7. The van der Waals surface area contributed by atoms with E-state index in [1.807, 2.05) is 18.6 Å². The molecular weight excluding hydrogens is 1150 g/mol. The molecule has 0 N–H and O–H groups in total. The average Bonchev–Trinajstić information content (AvgIpc) is 1.58. The van der Waals surface area contributed by atoms with E-state index in [0.29, 0.717) is 0 Å². The third kappa shape index (κ3) is 10.1. The maximum Gasteiger partial charge on any atom is 0.213 e. The van der Waals surface area contributed by atoms with Crippen molar-refractivity contribution in [2.24, 2.45) is 21.1 Å². The Balaban J connectivity index is 0.000000112. The van der Waals surface area contributed by atoms with E-state index in [4.69, 9.17) is 15.0 Å². The Labute approximate surface area is 561 Å². The van der Waals surface area contributed by atoms with Crippen molar-refractivity contribution in [3.05, 3.63) is 287 Å². The molecule has 6 aromatic heterocycles. The van der Waals surface area contributed by atoms with Gasteiger partial charge >= 0.3 is 0 Å². The van der Waals surface area contributed by atoms with Gasteiger partial charge in [0.05, 0.1) is 17.1 Å². The Hall–Kier alpha value is -9.78. The first-order valence-electron chi connectivity index (χ1n) is 34.8. The summed E-state index contributed by atoms with van der Waals surface area (Å²) in [5.41, 5.74) is 38.8. The topological polar surface area (TPSA) is 50.3 Å². The number of aromatic nitrogens is 6. The summed E-state index contributed by atoms with van der Waals surface area (Å²) in [7, 11) is 6.49. The summed E-state index contributed by atoms with van der Waals surface area (Å²) in [6.45, 7) is 11.0. The molecule has 95 heavy (non-hydrogen) atoms. The van der Waals surface area contributed by atoms with E-state index in [2.05, 4.69) is 276 Å². The highest BCUT2D eigenvalue weighted by atomic mass is 14.9. The van der Waals surface area contributed by atoms with Crippen LogP contribution in [-0.4, -0.2) is 15.0 Å². The van der Waals surface area contributed by atoms with Gasteiger partial charge in [0, 0.05) is 104 Å². The van der Waals surface area contributed by atoms with Crippen LogP contribution in [0.5, 0.6) is 0 Å². The minimum Gasteiger partial charge on any atom is -0.260 e. The third-order valence-electron chi connectivity index (χ3n) is 22.8. The largest absolute Gasteiger partial charge is 0.260 e. The van der Waals surface area contributed by atoms with E-state index in [1.165, 1.54) is 239 Å². The second-order valence-electron chi connectivity index (χ2n) is 28.5. The Morgan fingerprint density at radius 3 is 1.01 bits per heavy atom. The molecule has 0 saturated heterocycles. The van der Waals surface area contributed by atoms with Gasteiger partial charge in [0.2, 0.25) is 17.1 Å². The smallest absolute Gasteiger partial charge is 0.213 e. The number of pyridine rings is 6. The molecule has 3 saturated carbocycles. The van der Waals surface area contributed by atoms with Gasteiger partial charge in [-0.05, 0) is 194 Å². The van der Waals surface area contributed by atoms with Gasteiger partial charge in [-0.1, -0.05) is 165 Å². The SMILES string of the molecule is Cc1cc2c(cc1-c1ccc(-c3ccccc3)c[n+]1C)C1(CCCC1)c1ncccc1-2.Cc1ccc(-c2cc[n+](C)c(-c3cc4c(cc3C)-c3cccnc3C43CCCC3)c2)cc1.Cc1ccc(-c2ccc(-c3cc4c(cc3C)-c3cccnc3C43CCCC3)[n+](C)c2)cc1. The molecule has 0 radical (unpaired) electrons. The lowest BCUT2D eigenvalue weighted by molar-refractivity contribution is -0.660. The van der Waals surface area contributed by atoms with Crippen LogP contribution < -0.4 is 13.7 Å². The minimum atomic E-state index is 0.0987. The lowest BCUT2D eigenvalue weighted by Crippen LogP contribution is -2.31. The standard InChI is InChI=1S/2C30H29N2.C29H27N2/c1-20-8-10-22(11-9-20)23-12-13-28(32(3)19-23)25-18-27-26(17-21(25)2)24-7-6-16-31-29(24)30(27)14-4-5-15-30;1-20-8-10-22(11-9-20)23-12-16-32(3)28(18-23)25-19-27-26(17-21(25)2)24-7-6-15-31-29(24)30(27)13-4-5-14-30;1-20-17-25-23-11-8-16-30-28(23)29(14-6-7-15-29)26(25)18-24(20)27-13-12-22(19-31(27)2)21-9-4-3-5-10-21/h6-13,16-19H,4-5,14-15H2,1-3H3;6-12,15-19H,4-5,13-14H2,1-3H3;3-5,8-13,16-19H,6-7,14-15H2,1-2H3/q3*+1. The van der Waals surface area contributed by atoms with E-state index in [9.17, 15) is 0 Å². The summed E-state index contributed by atoms with van der Waals surface area (Å²) in [6, 6.07) is 69.6. The first-order chi connectivity index (χ1) is 46.3. The molecule has 0 atom stereocenters. The van der Waals surface area contributed by atoms with Crippen LogP contribution in [0, 0.1) is 34.6 Å². The fourth-order valence-electron chi connectivity index (χ4n) is 17.9. The van der Waals surface area contributed by atoms with E-state index >= 15 is 0 Å². The van der Waals surface area contributed by atoms with E-state index in [1.54, 1.807) is 0 Å². The monoisotopic (exact) mass is 1240 g/mol. The molecule has 6 aliphatic carbocycles. The summed E-state index contributed by atoms with van der Waals surface area (Å²) < 4.78 is 6.82. The van der Waals surface area contributed by atoms with Gasteiger partial charge in [0.15, 0.2) is 18.6 Å². The van der Waals surface area contributed by atoms with E-state index in [-0.39, 0.29) is 16.2 Å². The molecular formula is C89H85N6+3. The summed E-state index contributed by atoms with van der Waals surface area (Å²) in [5, 5.41) is 0. The van der Waals surface area contributed by atoms with Crippen molar-refractivity contribution < 1.29 is 13.7 Å². The van der Waals surface area contributed by atoms with Crippen LogP contribution in [0.4, 0.5) is 0 Å². The molecule has 0 aliphatic heterocycles. The van der Waals surface area contributed by atoms with Crippen molar-refractivity contribution in [2.45, 2.75) is 128 Å². The zero-order valence-corrected chi connectivity index (χ0v) is 56.5. The van der Waals surface area contributed by atoms with Crippen molar-refractivity contribution >= 4 is 0 Å². The van der Waals surface area contributed by atoms with Crippen molar-refractivity contribution in [1.29, 1.82) is 0 Å². The predicted molar refractivity (Wildman–Crippen MR) is 387 cm³/mol. The molecule has 18 rings (SSSR count). The second-order valence-corrected chi connectivity index (χ2v) is 28.5. The Morgan fingerprint density at radius 1 is 0.284 bits per heavy atom. The van der Waals surface area contributed by atoms with Crippen molar-refractivity contribution in [3.8, 4) is 101 Å². The second kappa shape index (κ2) is 23.9. The maximum absolute atomic E-state index is 4.91. The van der Waals surface area contributed by atoms with Gasteiger partial charge in [0.1, 0.15) is 21.1 Å². The molecule has 12 aromatic rings. The van der Waals surface area contributed by atoms with Crippen LogP contribution in [0.3, 0.4) is 0 Å². The number of hydrogen-bond donors (Lipinski definition) is 0. The first kappa shape index (κ1) is 60.2. The molecule has 6 aromatic carbocycles. The summed E-state index contributed by atoms with van der Waals surface area (Å²) in [4.78, 5) is 14.7. The highest BCUT2D eigenvalue weighted by Gasteiger charge is 2.49. The quantitative estimate of drug-likeness (QED) is 0.156. The molecule has 6 heterocycles. The molecule has 468 valence electrons. The zero-order chi connectivity index (χ0) is 64.7. The Kier molecular flexibility index (Phi) is 15.1. The van der Waals surface area contributed by atoms with Crippen LogP contribution in [-0.2, 0) is 37.4 Å². The lowest BCUT2D eigenvalue weighted by atomic mass is 9.78. The van der Waals surface area contributed by atoms with Crippen LogP contribution in [0.2, 0.25) is 0 Å². The number of hydrogen-bond acceptors (Lipinski definition) is 3. The molecule has 0 unspecified atom stereocenters. The van der Waals surface area contributed by atoms with Crippen LogP contribution in [0.1, 0.15) is 139 Å². The van der Waals surface area contributed by atoms with Gasteiger partial charge in [-0.15, -0.1) is 0 Å². The predicted octanol–water partition coefficient (Wildman–Crippen LogP) is 19.8. The van der Waals surface area contributed by atoms with Crippen molar-refractivity contribution in [2.75, 3.05) is 0 Å². The number of fused-ring (bicyclic) bond motifs is 15. The van der Waals surface area contributed by atoms with Crippen molar-refractivity contribution in [1.82, 2.24) is 15.0 Å². The molecule has 6 aliphatic rings. The van der Waals surface area contributed by atoms with Gasteiger partial charge in [0.25, 0.3) is 0 Å². The molecule has 0 amide bonds. The highest BCUT2D eigenvalue weighted by molar-refractivity contribution is 5.87. The number of nitrogens with zero attached hydrogens (tertiary/aromatic N) is 6. The molecule has 0 bridgehead atoms. The van der Waals surface area contributed by atoms with Crippen molar-refractivity contribution in [3.63, 3.8) is 0 Å². The first-order valence-corrected chi connectivity index (χ1v) is 34.8. The van der Waals surface area contributed by atoms with Crippen LogP contribution >= 0.6 is 0 Å². The molecule has 6 nitrogen and oxygen atoms in total. The molecule has 3 fully saturated rings.